The summed E-state index contributed by atoms with van der Waals surface area (Å²) < 4.78 is 5.39. The molecule has 0 radical (unpaired) electrons. The first kappa shape index (κ1) is 24.9. The first-order valence-corrected chi connectivity index (χ1v) is 10.7. The van der Waals surface area contributed by atoms with E-state index in [1.807, 2.05) is 0 Å². The third-order valence-corrected chi connectivity index (χ3v) is 5.77. The lowest BCUT2D eigenvalue weighted by atomic mass is 9.72. The molecule has 160 valence electrons. The van der Waals surface area contributed by atoms with E-state index >= 15 is 0 Å². The van der Waals surface area contributed by atoms with Crippen LogP contribution in [0.2, 0.25) is 0 Å². The quantitative estimate of drug-likeness (QED) is 0.188. The number of aliphatic hydroxyl groups is 1. The van der Waals surface area contributed by atoms with Gasteiger partial charge in [0.25, 0.3) is 0 Å². The molecule has 2 fully saturated rings. The molecule has 1 heterocycles. The minimum absolute atomic E-state index is 0. The van der Waals surface area contributed by atoms with E-state index < -0.39 is 0 Å². The third kappa shape index (κ3) is 9.76. The number of guanidine groups is 1. The number of ether oxygens (including phenoxy) is 1. The highest BCUT2D eigenvalue weighted by molar-refractivity contribution is 14.0. The number of nitrogens with zero attached hydrogens (tertiary/aromatic N) is 2. The summed E-state index contributed by atoms with van der Waals surface area (Å²) >= 11 is 0. The molecule has 7 heteroatoms. The Labute approximate surface area is 182 Å². The van der Waals surface area contributed by atoms with Gasteiger partial charge in [-0.3, -0.25) is 9.89 Å². The maximum atomic E-state index is 9.47. The molecule has 0 aromatic carbocycles. The van der Waals surface area contributed by atoms with Crippen LogP contribution in [-0.4, -0.2) is 75.1 Å². The first-order chi connectivity index (χ1) is 12.8. The van der Waals surface area contributed by atoms with Gasteiger partial charge in [-0.25, -0.2) is 0 Å². The van der Waals surface area contributed by atoms with Crippen molar-refractivity contribution in [1.82, 2.24) is 15.5 Å². The SMILES string of the molecule is CCNC(=NCC1(CCO)CCCCC1)NCCCCN1CCOCC1.I. The summed E-state index contributed by atoms with van der Waals surface area (Å²) in [5, 5.41) is 16.3. The zero-order valence-corrected chi connectivity index (χ0v) is 19.5. The zero-order valence-electron chi connectivity index (χ0n) is 17.2. The smallest absolute Gasteiger partial charge is 0.191 e. The highest BCUT2D eigenvalue weighted by Crippen LogP contribution is 2.39. The number of aliphatic imine (C=N–C) groups is 1. The van der Waals surface area contributed by atoms with Crippen LogP contribution >= 0.6 is 24.0 Å². The van der Waals surface area contributed by atoms with Crippen LogP contribution in [0.1, 0.15) is 58.3 Å². The Balaban J connectivity index is 0.00000364. The fraction of sp³-hybridized carbons (Fsp3) is 0.950. The Morgan fingerprint density at radius 2 is 1.85 bits per heavy atom. The maximum Gasteiger partial charge on any atom is 0.191 e. The lowest BCUT2D eigenvalue weighted by Crippen LogP contribution is -2.40. The van der Waals surface area contributed by atoms with Crippen molar-refractivity contribution >= 4 is 29.9 Å². The van der Waals surface area contributed by atoms with Crippen LogP contribution in [0, 0.1) is 5.41 Å². The lowest BCUT2D eigenvalue weighted by Gasteiger charge is -2.35. The molecule has 0 bridgehead atoms. The van der Waals surface area contributed by atoms with Gasteiger partial charge in [0.15, 0.2) is 5.96 Å². The van der Waals surface area contributed by atoms with Crippen molar-refractivity contribution in [2.24, 2.45) is 10.4 Å². The number of hydrogen-bond acceptors (Lipinski definition) is 4. The van der Waals surface area contributed by atoms with Crippen LogP contribution in [0.15, 0.2) is 4.99 Å². The predicted octanol–water partition coefficient (Wildman–Crippen LogP) is 2.60. The largest absolute Gasteiger partial charge is 0.396 e. The second-order valence-electron chi connectivity index (χ2n) is 7.82. The van der Waals surface area contributed by atoms with Gasteiger partial charge in [0.1, 0.15) is 0 Å². The summed E-state index contributed by atoms with van der Waals surface area (Å²) in [6, 6.07) is 0. The van der Waals surface area contributed by atoms with E-state index in [4.69, 9.17) is 9.73 Å². The predicted molar refractivity (Wildman–Crippen MR) is 123 cm³/mol. The highest BCUT2D eigenvalue weighted by atomic mass is 127. The minimum Gasteiger partial charge on any atom is -0.396 e. The van der Waals surface area contributed by atoms with Crippen LogP contribution in [0.25, 0.3) is 0 Å². The van der Waals surface area contributed by atoms with E-state index in [2.05, 4.69) is 22.5 Å². The minimum atomic E-state index is 0. The van der Waals surface area contributed by atoms with Crippen molar-refractivity contribution in [3.63, 3.8) is 0 Å². The first-order valence-electron chi connectivity index (χ1n) is 10.7. The molecule has 0 aromatic rings. The summed E-state index contributed by atoms with van der Waals surface area (Å²) in [5.41, 5.74) is 0.214. The molecule has 0 spiro atoms. The number of hydrogen-bond donors (Lipinski definition) is 3. The molecule has 1 aliphatic heterocycles. The molecule has 0 unspecified atom stereocenters. The number of unbranched alkanes of at least 4 members (excludes halogenated alkanes) is 1. The van der Waals surface area contributed by atoms with Crippen molar-refractivity contribution < 1.29 is 9.84 Å². The molecule has 0 amide bonds. The second kappa shape index (κ2) is 14.8. The number of nitrogens with one attached hydrogen (secondary N) is 2. The van der Waals surface area contributed by atoms with Crippen molar-refractivity contribution in [3.05, 3.63) is 0 Å². The Bertz CT molecular complexity index is 392. The van der Waals surface area contributed by atoms with E-state index in [0.717, 1.165) is 64.7 Å². The summed E-state index contributed by atoms with van der Waals surface area (Å²) in [6.07, 6.45) is 9.55. The van der Waals surface area contributed by atoms with Gasteiger partial charge in [0, 0.05) is 39.3 Å². The Morgan fingerprint density at radius 1 is 1.11 bits per heavy atom. The van der Waals surface area contributed by atoms with E-state index in [1.165, 1.54) is 45.1 Å². The zero-order chi connectivity index (χ0) is 18.5. The molecule has 6 nitrogen and oxygen atoms in total. The van der Waals surface area contributed by atoms with Crippen molar-refractivity contribution in [1.29, 1.82) is 0 Å². The molecule has 2 rings (SSSR count). The summed E-state index contributed by atoms with van der Waals surface area (Å²) in [5.74, 6) is 0.932. The monoisotopic (exact) mass is 496 g/mol. The maximum absolute atomic E-state index is 9.47. The fourth-order valence-electron chi connectivity index (χ4n) is 4.11. The molecule has 2 aliphatic rings. The number of rotatable bonds is 10. The average Bonchev–Trinajstić information content (AvgIpc) is 2.67. The van der Waals surface area contributed by atoms with E-state index in [9.17, 15) is 5.11 Å². The molecule has 1 saturated carbocycles. The average molecular weight is 496 g/mol. The molecular formula is C20H41IN4O2. The van der Waals surface area contributed by atoms with Crippen LogP contribution < -0.4 is 10.6 Å². The summed E-state index contributed by atoms with van der Waals surface area (Å²) in [4.78, 5) is 7.36. The molecule has 1 aliphatic carbocycles. The Hall–Kier alpha value is -0.120. The van der Waals surface area contributed by atoms with Crippen molar-refractivity contribution in [2.75, 3.05) is 59.1 Å². The highest BCUT2D eigenvalue weighted by Gasteiger charge is 2.31. The van der Waals surface area contributed by atoms with E-state index in [-0.39, 0.29) is 36.0 Å². The Kier molecular flexibility index (Phi) is 13.7. The third-order valence-electron chi connectivity index (χ3n) is 5.77. The van der Waals surface area contributed by atoms with Crippen molar-refractivity contribution in [3.8, 4) is 0 Å². The van der Waals surface area contributed by atoms with Crippen LogP contribution in [-0.2, 0) is 4.74 Å². The molecule has 0 aromatic heterocycles. The number of morpholine rings is 1. The fourth-order valence-corrected chi connectivity index (χ4v) is 4.11. The summed E-state index contributed by atoms with van der Waals surface area (Å²) in [6.45, 7) is 10.1. The molecule has 1 saturated heterocycles. The number of aliphatic hydroxyl groups excluding tert-OH is 1. The van der Waals surface area contributed by atoms with E-state index in [1.54, 1.807) is 0 Å². The Morgan fingerprint density at radius 3 is 2.52 bits per heavy atom. The molecular weight excluding hydrogens is 455 g/mol. The van der Waals surface area contributed by atoms with Gasteiger partial charge in [-0.15, -0.1) is 24.0 Å². The van der Waals surface area contributed by atoms with Crippen LogP contribution in [0.4, 0.5) is 0 Å². The normalized spacial score (nSPS) is 20.7. The lowest BCUT2D eigenvalue weighted by molar-refractivity contribution is 0.0372. The van der Waals surface area contributed by atoms with Crippen LogP contribution in [0.5, 0.6) is 0 Å². The van der Waals surface area contributed by atoms with Gasteiger partial charge in [-0.05, 0) is 51.0 Å². The van der Waals surface area contributed by atoms with Gasteiger partial charge in [-0.1, -0.05) is 19.3 Å². The molecule has 0 atom stereocenters. The topological polar surface area (TPSA) is 69.1 Å². The molecule has 3 N–H and O–H groups in total. The standard InChI is InChI=1S/C20H40N4O2.HI/c1-2-21-19(22-11-6-7-12-24-13-16-26-17-14-24)23-18-20(10-15-25)8-4-3-5-9-20;/h25H,2-18H2,1H3,(H2,21,22,23);1H. The van der Waals surface area contributed by atoms with Gasteiger partial charge in [0.05, 0.1) is 13.2 Å². The second-order valence-corrected chi connectivity index (χ2v) is 7.82. The van der Waals surface area contributed by atoms with Crippen LogP contribution in [0.3, 0.4) is 0 Å². The van der Waals surface area contributed by atoms with E-state index in [0.29, 0.717) is 0 Å². The van der Waals surface area contributed by atoms with Gasteiger partial charge in [-0.2, -0.15) is 0 Å². The van der Waals surface area contributed by atoms with Gasteiger partial charge >= 0.3 is 0 Å². The summed E-state index contributed by atoms with van der Waals surface area (Å²) in [7, 11) is 0. The number of halogens is 1. The van der Waals surface area contributed by atoms with Crippen molar-refractivity contribution in [2.45, 2.75) is 58.3 Å². The van der Waals surface area contributed by atoms with Gasteiger partial charge < -0.3 is 20.5 Å². The van der Waals surface area contributed by atoms with Gasteiger partial charge in [0.2, 0.25) is 0 Å². The molecule has 27 heavy (non-hydrogen) atoms.